The summed E-state index contributed by atoms with van der Waals surface area (Å²) in [6, 6.07) is 3.00. The van der Waals surface area contributed by atoms with Gasteiger partial charge in [0, 0.05) is 6.07 Å². The molecule has 1 aromatic carbocycles. The molecule has 0 saturated carbocycles. The van der Waals surface area contributed by atoms with E-state index in [9.17, 15) is 22.0 Å². The Bertz CT molecular complexity index is 667. The Kier molecular flexibility index (Phi) is 3.33. The highest BCUT2D eigenvalue weighted by Gasteiger charge is 2.35. The first-order chi connectivity index (χ1) is 9.20. The van der Waals surface area contributed by atoms with Crippen molar-refractivity contribution >= 4 is 5.82 Å². The van der Waals surface area contributed by atoms with E-state index in [1.165, 1.54) is 13.0 Å². The summed E-state index contributed by atoms with van der Waals surface area (Å²) in [6.45, 7) is 1.35. The molecule has 0 bridgehead atoms. The number of aryl methyl sites for hydroxylation is 1. The zero-order valence-electron chi connectivity index (χ0n) is 10.1. The Hall–Kier alpha value is -2.25. The highest BCUT2D eigenvalue weighted by Crippen LogP contribution is 2.31. The molecule has 0 aliphatic carbocycles. The summed E-state index contributed by atoms with van der Waals surface area (Å²) in [5.41, 5.74) is 4.10. The van der Waals surface area contributed by atoms with Crippen molar-refractivity contribution in [1.82, 2.24) is 9.97 Å². The minimum atomic E-state index is -4.86. The van der Waals surface area contributed by atoms with E-state index in [2.05, 4.69) is 9.97 Å². The molecule has 0 unspecified atom stereocenters. The van der Waals surface area contributed by atoms with Crippen LogP contribution >= 0.6 is 0 Å². The van der Waals surface area contributed by atoms with Crippen molar-refractivity contribution in [3.63, 3.8) is 0 Å². The van der Waals surface area contributed by atoms with Gasteiger partial charge in [-0.05, 0) is 18.6 Å². The van der Waals surface area contributed by atoms with Gasteiger partial charge in [0.05, 0.1) is 11.3 Å². The summed E-state index contributed by atoms with van der Waals surface area (Å²) in [6.07, 6.45) is -4.86. The summed E-state index contributed by atoms with van der Waals surface area (Å²) in [7, 11) is 0. The van der Waals surface area contributed by atoms with Gasteiger partial charge < -0.3 is 5.73 Å². The minimum Gasteiger partial charge on any atom is -0.384 e. The van der Waals surface area contributed by atoms with Gasteiger partial charge in [0.15, 0.2) is 0 Å². The van der Waals surface area contributed by atoms with E-state index < -0.39 is 40.7 Å². The van der Waals surface area contributed by atoms with Crippen molar-refractivity contribution in [2.45, 2.75) is 13.1 Å². The van der Waals surface area contributed by atoms with E-state index in [0.29, 0.717) is 0 Å². The number of rotatable bonds is 1. The molecule has 0 aliphatic rings. The van der Waals surface area contributed by atoms with Crippen LogP contribution in [-0.4, -0.2) is 9.97 Å². The predicted octanol–water partition coefficient (Wildman–Crippen LogP) is 3.33. The van der Waals surface area contributed by atoms with E-state index in [1.54, 1.807) is 0 Å². The quantitative estimate of drug-likeness (QED) is 0.819. The SMILES string of the molecule is Cc1ccc(F)c(-c2cc(N)nc(C(F)(F)F)n2)c1F. The van der Waals surface area contributed by atoms with Crippen LogP contribution in [0.5, 0.6) is 0 Å². The van der Waals surface area contributed by atoms with Crippen LogP contribution in [0.25, 0.3) is 11.3 Å². The number of benzene rings is 1. The number of hydrogen-bond acceptors (Lipinski definition) is 3. The van der Waals surface area contributed by atoms with Crippen molar-refractivity contribution in [3.8, 4) is 11.3 Å². The molecule has 3 nitrogen and oxygen atoms in total. The molecule has 0 aliphatic heterocycles. The van der Waals surface area contributed by atoms with Crippen LogP contribution in [0, 0.1) is 18.6 Å². The molecular weight excluding hydrogens is 281 g/mol. The maximum absolute atomic E-state index is 13.9. The maximum Gasteiger partial charge on any atom is 0.451 e. The molecule has 8 heteroatoms. The number of nitrogen functional groups attached to an aromatic ring is 1. The number of anilines is 1. The Morgan fingerprint density at radius 3 is 2.35 bits per heavy atom. The van der Waals surface area contributed by atoms with Crippen LogP contribution in [-0.2, 0) is 6.18 Å². The number of nitrogens with two attached hydrogens (primary N) is 1. The number of nitrogens with zero attached hydrogens (tertiary/aromatic N) is 2. The molecule has 2 aromatic rings. The van der Waals surface area contributed by atoms with Crippen LogP contribution in [0.15, 0.2) is 18.2 Å². The summed E-state index contributed by atoms with van der Waals surface area (Å²) in [4.78, 5) is 6.15. The number of alkyl halides is 3. The fourth-order valence-corrected chi connectivity index (χ4v) is 1.61. The lowest BCUT2D eigenvalue weighted by atomic mass is 10.1. The second-order valence-corrected chi connectivity index (χ2v) is 4.05. The summed E-state index contributed by atoms with van der Waals surface area (Å²) in [5.74, 6) is -4.09. The minimum absolute atomic E-state index is 0.0761. The van der Waals surface area contributed by atoms with Gasteiger partial charge in [-0.25, -0.2) is 18.7 Å². The molecule has 0 spiro atoms. The van der Waals surface area contributed by atoms with Gasteiger partial charge in [-0.1, -0.05) is 6.07 Å². The van der Waals surface area contributed by atoms with Crippen molar-refractivity contribution in [2.24, 2.45) is 0 Å². The number of aromatic nitrogens is 2. The van der Waals surface area contributed by atoms with E-state index in [0.717, 1.165) is 12.1 Å². The first kappa shape index (κ1) is 14.2. The highest BCUT2D eigenvalue weighted by atomic mass is 19.4. The van der Waals surface area contributed by atoms with Crippen molar-refractivity contribution < 1.29 is 22.0 Å². The molecule has 0 radical (unpaired) electrons. The van der Waals surface area contributed by atoms with Gasteiger partial charge in [0.25, 0.3) is 0 Å². The second kappa shape index (κ2) is 4.69. The molecule has 0 atom stereocenters. The van der Waals surface area contributed by atoms with E-state index in [-0.39, 0.29) is 5.56 Å². The summed E-state index contributed by atoms with van der Waals surface area (Å²) in [5, 5.41) is 0. The number of hydrogen-bond donors (Lipinski definition) is 1. The molecule has 106 valence electrons. The molecule has 2 rings (SSSR count). The van der Waals surface area contributed by atoms with Crippen LogP contribution in [0.4, 0.5) is 27.8 Å². The molecule has 1 aromatic heterocycles. The number of halogens is 5. The van der Waals surface area contributed by atoms with Gasteiger partial charge in [-0.15, -0.1) is 0 Å². The smallest absolute Gasteiger partial charge is 0.384 e. The van der Waals surface area contributed by atoms with Crippen molar-refractivity contribution in [2.75, 3.05) is 5.73 Å². The van der Waals surface area contributed by atoms with Crippen LogP contribution in [0.2, 0.25) is 0 Å². The standard InChI is InChI=1S/C12H8F5N3/c1-5-2-3-6(13)9(10(5)14)7-4-8(18)20-11(19-7)12(15,16)17/h2-4H,1H3,(H2,18,19,20). The van der Waals surface area contributed by atoms with Crippen LogP contribution in [0.3, 0.4) is 0 Å². The van der Waals surface area contributed by atoms with Gasteiger partial charge in [-0.2, -0.15) is 13.2 Å². The summed E-state index contributed by atoms with van der Waals surface area (Å²) >= 11 is 0. The largest absolute Gasteiger partial charge is 0.451 e. The van der Waals surface area contributed by atoms with E-state index in [1.807, 2.05) is 0 Å². The molecule has 2 N–H and O–H groups in total. The van der Waals surface area contributed by atoms with Crippen molar-refractivity contribution in [3.05, 3.63) is 41.2 Å². The lowest BCUT2D eigenvalue weighted by molar-refractivity contribution is -0.144. The molecule has 1 heterocycles. The van der Waals surface area contributed by atoms with Gasteiger partial charge >= 0.3 is 6.18 Å². The Labute approximate surface area is 110 Å². The van der Waals surface area contributed by atoms with Crippen LogP contribution in [0.1, 0.15) is 11.4 Å². The molecule has 0 amide bonds. The third-order valence-corrected chi connectivity index (χ3v) is 2.54. The third kappa shape index (κ3) is 2.54. The molecule has 0 saturated heterocycles. The zero-order valence-corrected chi connectivity index (χ0v) is 10.1. The highest BCUT2D eigenvalue weighted by molar-refractivity contribution is 5.64. The fraction of sp³-hybridized carbons (Fsp3) is 0.167. The van der Waals surface area contributed by atoms with Crippen LogP contribution < -0.4 is 5.73 Å². The molecule has 0 fully saturated rings. The molecule has 20 heavy (non-hydrogen) atoms. The second-order valence-electron chi connectivity index (χ2n) is 4.05. The summed E-state index contributed by atoms with van der Waals surface area (Å²) < 4.78 is 65.3. The Morgan fingerprint density at radius 1 is 1.10 bits per heavy atom. The topological polar surface area (TPSA) is 51.8 Å². The van der Waals surface area contributed by atoms with Gasteiger partial charge in [0.1, 0.15) is 17.5 Å². The normalized spacial score (nSPS) is 11.7. The third-order valence-electron chi connectivity index (χ3n) is 2.54. The average Bonchev–Trinajstić information content (AvgIpc) is 2.33. The first-order valence-electron chi connectivity index (χ1n) is 5.37. The lowest BCUT2D eigenvalue weighted by Crippen LogP contribution is -2.13. The van der Waals surface area contributed by atoms with E-state index in [4.69, 9.17) is 5.73 Å². The monoisotopic (exact) mass is 289 g/mol. The maximum atomic E-state index is 13.9. The molecular formula is C12H8F5N3. The van der Waals surface area contributed by atoms with Crippen molar-refractivity contribution in [1.29, 1.82) is 0 Å². The zero-order chi connectivity index (χ0) is 15.1. The fourth-order valence-electron chi connectivity index (χ4n) is 1.61. The Morgan fingerprint density at radius 2 is 1.75 bits per heavy atom. The average molecular weight is 289 g/mol. The lowest BCUT2D eigenvalue weighted by Gasteiger charge is -2.10. The Balaban J connectivity index is 2.71. The van der Waals surface area contributed by atoms with Gasteiger partial charge in [-0.3, -0.25) is 0 Å². The first-order valence-corrected chi connectivity index (χ1v) is 5.37. The predicted molar refractivity (Wildman–Crippen MR) is 61.5 cm³/mol. The van der Waals surface area contributed by atoms with Gasteiger partial charge in [0.2, 0.25) is 5.82 Å². The van der Waals surface area contributed by atoms with E-state index >= 15 is 0 Å².